The molecule has 2 rings (SSSR count). The van der Waals surface area contributed by atoms with Crippen LogP contribution < -0.4 is 10.1 Å². The molecular weight excluding hydrogens is 294 g/mol. The van der Waals surface area contributed by atoms with E-state index in [-0.39, 0.29) is 5.91 Å². The van der Waals surface area contributed by atoms with Gasteiger partial charge in [0.2, 0.25) is 17.6 Å². The summed E-state index contributed by atoms with van der Waals surface area (Å²) in [5, 5.41) is 6.86. The van der Waals surface area contributed by atoms with Crippen LogP contribution in [0.15, 0.2) is 28.8 Å². The Labute approximate surface area is 136 Å². The Morgan fingerprint density at radius 2 is 2.13 bits per heavy atom. The predicted molar refractivity (Wildman–Crippen MR) is 87.1 cm³/mol. The molecule has 1 aromatic carbocycles. The summed E-state index contributed by atoms with van der Waals surface area (Å²) in [6.07, 6.45) is 2.68. The SMILES string of the molecule is CCCNC(=O)CCCc1nc(-c2ccccc2OCC)no1. The number of aryl methyl sites for hydroxylation is 1. The number of nitrogens with zero attached hydrogens (tertiary/aromatic N) is 2. The Balaban J connectivity index is 1.92. The molecule has 1 heterocycles. The second kappa shape index (κ2) is 8.92. The van der Waals surface area contributed by atoms with Crippen molar-refractivity contribution in [3.05, 3.63) is 30.2 Å². The fraction of sp³-hybridized carbons (Fsp3) is 0.471. The summed E-state index contributed by atoms with van der Waals surface area (Å²) >= 11 is 0. The second-order valence-corrected chi connectivity index (χ2v) is 5.14. The molecule has 1 N–H and O–H groups in total. The zero-order valence-electron chi connectivity index (χ0n) is 13.7. The van der Waals surface area contributed by atoms with Crippen LogP contribution in [0.3, 0.4) is 0 Å². The highest BCUT2D eigenvalue weighted by Crippen LogP contribution is 2.27. The molecule has 0 aliphatic carbocycles. The van der Waals surface area contributed by atoms with Gasteiger partial charge in [-0.15, -0.1) is 0 Å². The summed E-state index contributed by atoms with van der Waals surface area (Å²) in [5.41, 5.74) is 0.810. The summed E-state index contributed by atoms with van der Waals surface area (Å²) in [6.45, 7) is 5.26. The average molecular weight is 317 g/mol. The number of para-hydroxylation sites is 1. The molecule has 0 fully saturated rings. The molecule has 0 unspecified atom stereocenters. The van der Waals surface area contributed by atoms with Crippen LogP contribution in [-0.2, 0) is 11.2 Å². The quantitative estimate of drug-likeness (QED) is 0.769. The Morgan fingerprint density at radius 1 is 1.30 bits per heavy atom. The number of rotatable bonds is 9. The molecule has 23 heavy (non-hydrogen) atoms. The zero-order chi connectivity index (χ0) is 16.5. The van der Waals surface area contributed by atoms with Crippen molar-refractivity contribution in [2.24, 2.45) is 0 Å². The highest BCUT2D eigenvalue weighted by molar-refractivity contribution is 5.75. The third-order valence-electron chi connectivity index (χ3n) is 3.26. The van der Waals surface area contributed by atoms with Gasteiger partial charge < -0.3 is 14.6 Å². The van der Waals surface area contributed by atoms with Crippen LogP contribution in [0.5, 0.6) is 5.75 Å². The van der Waals surface area contributed by atoms with E-state index in [1.807, 2.05) is 38.1 Å². The zero-order valence-corrected chi connectivity index (χ0v) is 13.7. The molecule has 0 saturated carbocycles. The number of benzene rings is 1. The fourth-order valence-corrected chi connectivity index (χ4v) is 2.15. The predicted octanol–water partition coefficient (Wildman–Crippen LogP) is 2.98. The van der Waals surface area contributed by atoms with Crippen molar-refractivity contribution in [1.82, 2.24) is 15.5 Å². The minimum absolute atomic E-state index is 0.0632. The normalized spacial score (nSPS) is 10.5. The molecule has 6 nitrogen and oxygen atoms in total. The molecular formula is C17H23N3O3. The van der Waals surface area contributed by atoms with Crippen molar-refractivity contribution in [1.29, 1.82) is 0 Å². The molecule has 0 saturated heterocycles. The van der Waals surface area contributed by atoms with Gasteiger partial charge >= 0.3 is 0 Å². The maximum absolute atomic E-state index is 11.5. The first-order valence-corrected chi connectivity index (χ1v) is 8.06. The number of nitrogens with one attached hydrogen (secondary N) is 1. The van der Waals surface area contributed by atoms with Crippen molar-refractivity contribution in [3.63, 3.8) is 0 Å². The van der Waals surface area contributed by atoms with E-state index in [1.54, 1.807) is 0 Å². The van der Waals surface area contributed by atoms with Gasteiger partial charge in [0.25, 0.3) is 0 Å². The Hall–Kier alpha value is -2.37. The number of carbonyl (C=O) groups excluding carboxylic acids is 1. The van der Waals surface area contributed by atoms with Gasteiger partial charge in [-0.25, -0.2) is 0 Å². The smallest absolute Gasteiger partial charge is 0.226 e. The molecule has 1 amide bonds. The van der Waals surface area contributed by atoms with Crippen molar-refractivity contribution in [2.45, 2.75) is 39.5 Å². The Kier molecular flexibility index (Phi) is 6.59. The number of amides is 1. The summed E-state index contributed by atoms with van der Waals surface area (Å²) in [4.78, 5) is 15.9. The maximum Gasteiger partial charge on any atom is 0.226 e. The van der Waals surface area contributed by atoms with Crippen molar-refractivity contribution in [3.8, 4) is 17.1 Å². The van der Waals surface area contributed by atoms with E-state index in [0.29, 0.717) is 37.6 Å². The van der Waals surface area contributed by atoms with E-state index in [9.17, 15) is 4.79 Å². The summed E-state index contributed by atoms with van der Waals surface area (Å²) in [6, 6.07) is 7.60. The van der Waals surface area contributed by atoms with E-state index in [2.05, 4.69) is 15.5 Å². The molecule has 0 radical (unpaired) electrons. The van der Waals surface area contributed by atoms with E-state index in [1.165, 1.54) is 0 Å². The number of aromatic nitrogens is 2. The topological polar surface area (TPSA) is 77.2 Å². The van der Waals surface area contributed by atoms with Gasteiger partial charge in [-0.05, 0) is 31.9 Å². The standard InChI is InChI=1S/C17H23N3O3/c1-3-12-18-15(21)10-7-11-16-19-17(20-23-16)13-8-5-6-9-14(13)22-4-2/h5-6,8-9H,3-4,7,10-12H2,1-2H3,(H,18,21). The fourth-order valence-electron chi connectivity index (χ4n) is 2.15. The lowest BCUT2D eigenvalue weighted by Crippen LogP contribution is -2.23. The van der Waals surface area contributed by atoms with Crippen LogP contribution in [0, 0.1) is 0 Å². The van der Waals surface area contributed by atoms with E-state index < -0.39 is 0 Å². The molecule has 6 heteroatoms. The maximum atomic E-state index is 11.5. The van der Waals surface area contributed by atoms with Crippen molar-refractivity contribution >= 4 is 5.91 Å². The summed E-state index contributed by atoms with van der Waals surface area (Å²) < 4.78 is 10.8. The molecule has 0 aliphatic heterocycles. The minimum Gasteiger partial charge on any atom is -0.493 e. The first-order valence-electron chi connectivity index (χ1n) is 8.06. The number of ether oxygens (including phenoxy) is 1. The van der Waals surface area contributed by atoms with Crippen molar-refractivity contribution in [2.75, 3.05) is 13.2 Å². The number of hydrogen-bond acceptors (Lipinski definition) is 5. The number of carbonyl (C=O) groups is 1. The molecule has 0 aliphatic rings. The summed E-state index contributed by atoms with van der Waals surface area (Å²) in [7, 11) is 0. The molecule has 2 aromatic rings. The molecule has 0 bridgehead atoms. The van der Waals surface area contributed by atoms with Crippen LogP contribution in [0.25, 0.3) is 11.4 Å². The second-order valence-electron chi connectivity index (χ2n) is 5.14. The lowest BCUT2D eigenvalue weighted by molar-refractivity contribution is -0.121. The van der Waals surface area contributed by atoms with Gasteiger partial charge in [-0.1, -0.05) is 24.2 Å². The van der Waals surface area contributed by atoms with Gasteiger partial charge in [-0.3, -0.25) is 4.79 Å². The minimum atomic E-state index is 0.0632. The lowest BCUT2D eigenvalue weighted by Gasteiger charge is -2.06. The van der Waals surface area contributed by atoms with Gasteiger partial charge in [0.05, 0.1) is 12.2 Å². The third-order valence-corrected chi connectivity index (χ3v) is 3.26. The molecule has 1 aromatic heterocycles. The largest absolute Gasteiger partial charge is 0.493 e. The van der Waals surface area contributed by atoms with Crippen LogP contribution >= 0.6 is 0 Å². The highest BCUT2D eigenvalue weighted by Gasteiger charge is 2.13. The summed E-state index contributed by atoms with van der Waals surface area (Å²) in [5.74, 6) is 1.85. The molecule has 124 valence electrons. The van der Waals surface area contributed by atoms with Crippen LogP contribution in [0.1, 0.15) is 39.0 Å². The van der Waals surface area contributed by atoms with Gasteiger partial charge in [0.1, 0.15) is 5.75 Å². The molecule has 0 spiro atoms. The van der Waals surface area contributed by atoms with Gasteiger partial charge in [0.15, 0.2) is 0 Å². The van der Waals surface area contributed by atoms with Gasteiger partial charge in [-0.2, -0.15) is 4.98 Å². The van der Waals surface area contributed by atoms with E-state index >= 15 is 0 Å². The first-order chi connectivity index (χ1) is 11.2. The molecule has 0 atom stereocenters. The Bertz CT molecular complexity index is 625. The Morgan fingerprint density at radius 3 is 2.91 bits per heavy atom. The third kappa shape index (κ3) is 5.09. The van der Waals surface area contributed by atoms with Gasteiger partial charge in [0, 0.05) is 19.4 Å². The van der Waals surface area contributed by atoms with E-state index in [4.69, 9.17) is 9.26 Å². The number of hydrogen-bond donors (Lipinski definition) is 1. The highest BCUT2D eigenvalue weighted by atomic mass is 16.5. The van der Waals surface area contributed by atoms with Crippen LogP contribution in [0.2, 0.25) is 0 Å². The lowest BCUT2D eigenvalue weighted by atomic mass is 10.2. The average Bonchev–Trinajstić information content (AvgIpc) is 3.02. The van der Waals surface area contributed by atoms with Crippen molar-refractivity contribution < 1.29 is 14.1 Å². The van der Waals surface area contributed by atoms with E-state index in [0.717, 1.165) is 24.3 Å². The van der Waals surface area contributed by atoms with Crippen LogP contribution in [0.4, 0.5) is 0 Å². The monoisotopic (exact) mass is 317 g/mol. The van der Waals surface area contributed by atoms with Crippen LogP contribution in [-0.4, -0.2) is 29.2 Å². The first kappa shape index (κ1) is 17.0.